The molecule has 3 nitrogen and oxygen atoms in total. The van der Waals surface area contributed by atoms with Crippen LogP contribution in [-0.4, -0.2) is 24.9 Å². The molecule has 2 rings (SSSR count). The lowest BCUT2D eigenvalue weighted by atomic mass is 9.88. The van der Waals surface area contributed by atoms with Crippen LogP contribution in [0.5, 0.6) is 0 Å². The van der Waals surface area contributed by atoms with E-state index in [2.05, 4.69) is 17.5 Å². The largest absolute Gasteiger partial charge is 0.388 e. The second-order valence-corrected chi connectivity index (χ2v) is 5.32. The first kappa shape index (κ1) is 13.2. The SMILES string of the molecule is CNC1=CCCC(N(C)C(=O)C2CCCCC2)=C1. The van der Waals surface area contributed by atoms with Gasteiger partial charge in [0.25, 0.3) is 0 Å². The molecule has 1 amide bonds. The molecule has 2 aliphatic rings. The van der Waals surface area contributed by atoms with Gasteiger partial charge in [-0.2, -0.15) is 0 Å². The minimum atomic E-state index is 0.258. The number of carbonyl (C=O) groups is 1. The highest BCUT2D eigenvalue weighted by Gasteiger charge is 2.25. The van der Waals surface area contributed by atoms with Gasteiger partial charge < -0.3 is 10.2 Å². The molecule has 0 spiro atoms. The molecular formula is C15H24N2O. The summed E-state index contributed by atoms with van der Waals surface area (Å²) in [7, 11) is 3.86. The minimum absolute atomic E-state index is 0.258. The second-order valence-electron chi connectivity index (χ2n) is 5.32. The van der Waals surface area contributed by atoms with Crippen molar-refractivity contribution in [3.8, 4) is 0 Å². The second kappa shape index (κ2) is 6.07. The van der Waals surface area contributed by atoms with Gasteiger partial charge in [-0.15, -0.1) is 0 Å². The van der Waals surface area contributed by atoms with Crippen LogP contribution in [0.25, 0.3) is 0 Å². The van der Waals surface area contributed by atoms with E-state index in [0.29, 0.717) is 5.91 Å². The number of hydrogen-bond acceptors (Lipinski definition) is 2. The van der Waals surface area contributed by atoms with Crippen LogP contribution in [0.15, 0.2) is 23.5 Å². The Kier molecular flexibility index (Phi) is 4.45. The summed E-state index contributed by atoms with van der Waals surface area (Å²) in [6.07, 6.45) is 12.1. The summed E-state index contributed by atoms with van der Waals surface area (Å²) >= 11 is 0. The highest BCUT2D eigenvalue weighted by molar-refractivity contribution is 5.80. The zero-order valence-electron chi connectivity index (χ0n) is 11.5. The van der Waals surface area contributed by atoms with Crippen LogP contribution in [-0.2, 0) is 4.79 Å². The lowest BCUT2D eigenvalue weighted by Gasteiger charge is -2.29. The van der Waals surface area contributed by atoms with E-state index in [1.165, 1.54) is 19.3 Å². The van der Waals surface area contributed by atoms with E-state index in [0.717, 1.165) is 37.1 Å². The minimum Gasteiger partial charge on any atom is -0.388 e. The topological polar surface area (TPSA) is 32.3 Å². The van der Waals surface area contributed by atoms with Crippen molar-refractivity contribution in [3.63, 3.8) is 0 Å². The predicted molar refractivity (Wildman–Crippen MR) is 73.8 cm³/mol. The van der Waals surface area contributed by atoms with Gasteiger partial charge in [-0.3, -0.25) is 4.79 Å². The van der Waals surface area contributed by atoms with E-state index in [9.17, 15) is 4.79 Å². The number of amides is 1. The van der Waals surface area contributed by atoms with E-state index in [4.69, 9.17) is 0 Å². The highest BCUT2D eigenvalue weighted by atomic mass is 16.2. The summed E-state index contributed by atoms with van der Waals surface area (Å²) in [4.78, 5) is 14.3. The van der Waals surface area contributed by atoms with Crippen molar-refractivity contribution in [2.24, 2.45) is 5.92 Å². The van der Waals surface area contributed by atoms with Crippen molar-refractivity contribution >= 4 is 5.91 Å². The van der Waals surface area contributed by atoms with Crippen molar-refractivity contribution in [2.75, 3.05) is 14.1 Å². The molecule has 0 aromatic heterocycles. The molecule has 1 N–H and O–H groups in total. The van der Waals surface area contributed by atoms with E-state index in [1.807, 2.05) is 19.0 Å². The van der Waals surface area contributed by atoms with E-state index >= 15 is 0 Å². The molecule has 0 saturated heterocycles. The molecule has 0 aliphatic heterocycles. The van der Waals surface area contributed by atoms with Crippen LogP contribution in [0, 0.1) is 5.92 Å². The third kappa shape index (κ3) is 2.95. The van der Waals surface area contributed by atoms with Crippen LogP contribution < -0.4 is 5.32 Å². The number of nitrogens with zero attached hydrogens (tertiary/aromatic N) is 1. The lowest BCUT2D eigenvalue weighted by molar-refractivity contribution is -0.133. The average Bonchev–Trinajstić information content (AvgIpc) is 2.46. The molecule has 0 unspecified atom stereocenters. The van der Waals surface area contributed by atoms with Gasteiger partial charge in [0.15, 0.2) is 0 Å². The van der Waals surface area contributed by atoms with Crippen LogP contribution in [0.4, 0.5) is 0 Å². The van der Waals surface area contributed by atoms with Crippen molar-refractivity contribution in [1.82, 2.24) is 10.2 Å². The van der Waals surface area contributed by atoms with Crippen molar-refractivity contribution in [2.45, 2.75) is 44.9 Å². The molecule has 0 heterocycles. The van der Waals surface area contributed by atoms with Crippen molar-refractivity contribution < 1.29 is 4.79 Å². The molecule has 18 heavy (non-hydrogen) atoms. The number of hydrogen-bond donors (Lipinski definition) is 1. The maximum atomic E-state index is 12.4. The van der Waals surface area contributed by atoms with Gasteiger partial charge in [0.2, 0.25) is 5.91 Å². The Hall–Kier alpha value is -1.25. The normalized spacial score (nSPS) is 21.0. The van der Waals surface area contributed by atoms with E-state index < -0.39 is 0 Å². The third-order valence-corrected chi connectivity index (χ3v) is 4.09. The summed E-state index contributed by atoms with van der Waals surface area (Å²) in [5, 5.41) is 3.15. The first-order valence-electron chi connectivity index (χ1n) is 7.08. The Morgan fingerprint density at radius 2 is 2.06 bits per heavy atom. The fourth-order valence-electron chi connectivity index (χ4n) is 2.89. The van der Waals surface area contributed by atoms with Crippen LogP contribution in [0.3, 0.4) is 0 Å². The van der Waals surface area contributed by atoms with Crippen molar-refractivity contribution in [1.29, 1.82) is 0 Å². The Balaban J connectivity index is 2.01. The zero-order valence-corrected chi connectivity index (χ0v) is 11.5. The number of rotatable bonds is 3. The maximum absolute atomic E-state index is 12.4. The van der Waals surface area contributed by atoms with E-state index in [-0.39, 0.29) is 5.92 Å². The van der Waals surface area contributed by atoms with Gasteiger partial charge in [0.1, 0.15) is 0 Å². The van der Waals surface area contributed by atoms with Gasteiger partial charge in [-0.25, -0.2) is 0 Å². The molecule has 0 aromatic carbocycles. The molecule has 0 aromatic rings. The molecule has 2 aliphatic carbocycles. The van der Waals surface area contributed by atoms with Gasteiger partial charge in [-0.1, -0.05) is 25.3 Å². The molecule has 0 radical (unpaired) electrons. The number of carbonyl (C=O) groups excluding carboxylic acids is 1. The lowest BCUT2D eigenvalue weighted by Crippen LogP contribution is -2.34. The maximum Gasteiger partial charge on any atom is 0.229 e. The fourth-order valence-corrected chi connectivity index (χ4v) is 2.89. The summed E-state index contributed by atoms with van der Waals surface area (Å²) in [6, 6.07) is 0. The Morgan fingerprint density at radius 3 is 2.72 bits per heavy atom. The molecule has 1 saturated carbocycles. The monoisotopic (exact) mass is 248 g/mol. The zero-order chi connectivity index (χ0) is 13.0. The third-order valence-electron chi connectivity index (χ3n) is 4.09. The molecular weight excluding hydrogens is 224 g/mol. The Bertz CT molecular complexity index is 365. The first-order chi connectivity index (χ1) is 8.72. The van der Waals surface area contributed by atoms with Gasteiger partial charge in [0.05, 0.1) is 0 Å². The molecule has 0 bridgehead atoms. The summed E-state index contributed by atoms with van der Waals surface area (Å²) < 4.78 is 0. The Labute approximate surface area is 110 Å². The van der Waals surface area contributed by atoms with Crippen molar-refractivity contribution in [3.05, 3.63) is 23.5 Å². The van der Waals surface area contributed by atoms with Crippen LogP contribution >= 0.6 is 0 Å². The number of nitrogens with one attached hydrogen (secondary N) is 1. The average molecular weight is 248 g/mol. The van der Waals surface area contributed by atoms with Gasteiger partial charge in [0, 0.05) is 31.4 Å². The summed E-state index contributed by atoms with van der Waals surface area (Å²) in [5.41, 5.74) is 2.27. The fraction of sp³-hybridized carbons (Fsp3) is 0.667. The molecule has 3 heteroatoms. The Morgan fingerprint density at radius 1 is 1.33 bits per heavy atom. The smallest absolute Gasteiger partial charge is 0.229 e. The van der Waals surface area contributed by atoms with E-state index in [1.54, 1.807) is 0 Å². The predicted octanol–water partition coefficient (Wildman–Crippen LogP) is 2.81. The quantitative estimate of drug-likeness (QED) is 0.833. The summed E-state index contributed by atoms with van der Waals surface area (Å²) in [6.45, 7) is 0. The molecule has 0 atom stereocenters. The van der Waals surface area contributed by atoms with Gasteiger partial charge in [-0.05, 0) is 31.8 Å². The van der Waals surface area contributed by atoms with Crippen LogP contribution in [0.1, 0.15) is 44.9 Å². The standard InChI is InChI=1S/C15H24N2O/c1-16-13-9-6-10-14(11-13)17(2)15(18)12-7-4-3-5-8-12/h9,11-12,16H,3-8,10H2,1-2H3. The first-order valence-corrected chi connectivity index (χ1v) is 7.08. The number of likely N-dealkylation sites (N-methyl/N-ethyl adjacent to an activating group) is 1. The highest BCUT2D eigenvalue weighted by Crippen LogP contribution is 2.27. The molecule has 100 valence electrons. The molecule has 1 fully saturated rings. The van der Waals surface area contributed by atoms with Crippen LogP contribution in [0.2, 0.25) is 0 Å². The number of allylic oxidation sites excluding steroid dienone is 3. The summed E-state index contributed by atoms with van der Waals surface area (Å²) in [5.74, 6) is 0.576. The van der Waals surface area contributed by atoms with Gasteiger partial charge >= 0.3 is 0 Å².